The van der Waals surface area contributed by atoms with Gasteiger partial charge in [0.1, 0.15) is 5.82 Å². The molecule has 0 spiro atoms. The zero-order valence-electron chi connectivity index (χ0n) is 12.3. The number of likely N-dealkylation sites (N-methyl/N-ethyl adjacent to an activating group) is 1. The number of nitrogens with one attached hydrogen (secondary N) is 1. The van der Waals surface area contributed by atoms with Crippen molar-refractivity contribution < 1.29 is 14.3 Å². The lowest BCUT2D eigenvalue weighted by atomic mass is 10.1. The van der Waals surface area contributed by atoms with Gasteiger partial charge in [-0.05, 0) is 45.0 Å². The van der Waals surface area contributed by atoms with Crippen molar-refractivity contribution in [3.63, 3.8) is 0 Å². The number of benzene rings is 1. The van der Waals surface area contributed by atoms with Gasteiger partial charge in [-0.3, -0.25) is 9.69 Å². The van der Waals surface area contributed by atoms with Crippen LogP contribution in [-0.4, -0.2) is 48.2 Å². The molecule has 20 heavy (non-hydrogen) atoms. The Balaban J connectivity index is 2.32. The number of halogens is 1. The summed E-state index contributed by atoms with van der Waals surface area (Å²) in [6.45, 7) is 4.48. The zero-order valence-corrected chi connectivity index (χ0v) is 12.3. The number of carbonyl (C=O) groups excluding carboxylic acids is 1. The van der Waals surface area contributed by atoms with Crippen LogP contribution >= 0.6 is 0 Å². The van der Waals surface area contributed by atoms with E-state index < -0.39 is 5.54 Å². The standard InChI is InChI=1S/C15H23FN2O2/c1-15(2,11-19)18(3)10-14(20)17-9-8-12-4-6-13(16)7-5-12/h4-7,19H,8-11H2,1-3H3,(H,17,20). The summed E-state index contributed by atoms with van der Waals surface area (Å²) in [7, 11) is 1.80. The summed E-state index contributed by atoms with van der Waals surface area (Å²) in [5.74, 6) is -0.346. The van der Waals surface area contributed by atoms with Gasteiger partial charge in [0.2, 0.25) is 5.91 Å². The van der Waals surface area contributed by atoms with Crippen LogP contribution in [0.25, 0.3) is 0 Å². The van der Waals surface area contributed by atoms with Gasteiger partial charge in [0.15, 0.2) is 0 Å². The summed E-state index contributed by atoms with van der Waals surface area (Å²) in [4.78, 5) is 13.6. The molecule has 0 fully saturated rings. The van der Waals surface area contributed by atoms with Gasteiger partial charge < -0.3 is 10.4 Å². The van der Waals surface area contributed by atoms with Crippen molar-refractivity contribution in [1.82, 2.24) is 10.2 Å². The molecule has 112 valence electrons. The number of rotatable bonds is 7. The maximum atomic E-state index is 12.7. The van der Waals surface area contributed by atoms with E-state index in [-0.39, 0.29) is 24.9 Å². The predicted octanol–water partition coefficient (Wildman–Crippen LogP) is 1.19. The third-order valence-corrected chi connectivity index (χ3v) is 3.45. The van der Waals surface area contributed by atoms with Gasteiger partial charge in [-0.1, -0.05) is 12.1 Å². The fourth-order valence-electron chi connectivity index (χ4n) is 1.60. The second kappa shape index (κ2) is 7.36. The van der Waals surface area contributed by atoms with Crippen LogP contribution in [0.1, 0.15) is 19.4 Å². The lowest BCUT2D eigenvalue weighted by Gasteiger charge is -2.33. The summed E-state index contributed by atoms with van der Waals surface area (Å²) in [5, 5.41) is 12.0. The van der Waals surface area contributed by atoms with Crippen LogP contribution in [0.15, 0.2) is 24.3 Å². The fourth-order valence-corrected chi connectivity index (χ4v) is 1.60. The van der Waals surface area contributed by atoms with Crippen LogP contribution in [0, 0.1) is 5.82 Å². The van der Waals surface area contributed by atoms with Crippen LogP contribution in [0.3, 0.4) is 0 Å². The highest BCUT2D eigenvalue weighted by atomic mass is 19.1. The Labute approximate surface area is 119 Å². The average molecular weight is 282 g/mol. The number of aliphatic hydroxyl groups is 1. The van der Waals surface area contributed by atoms with Crippen molar-refractivity contribution in [2.75, 3.05) is 26.7 Å². The van der Waals surface area contributed by atoms with Gasteiger partial charge >= 0.3 is 0 Å². The molecule has 2 N–H and O–H groups in total. The summed E-state index contributed by atoms with van der Waals surface area (Å²) in [6, 6.07) is 6.24. The molecule has 0 radical (unpaired) electrons. The van der Waals surface area contributed by atoms with Crippen LogP contribution in [0.5, 0.6) is 0 Å². The molecule has 0 aromatic heterocycles. The van der Waals surface area contributed by atoms with Crippen molar-refractivity contribution in [3.8, 4) is 0 Å². The first-order chi connectivity index (χ1) is 9.35. The van der Waals surface area contributed by atoms with Crippen LogP contribution in [0.4, 0.5) is 4.39 Å². The van der Waals surface area contributed by atoms with E-state index in [1.165, 1.54) is 12.1 Å². The normalized spacial score (nSPS) is 11.7. The smallest absolute Gasteiger partial charge is 0.234 e. The summed E-state index contributed by atoms with van der Waals surface area (Å²) < 4.78 is 12.7. The molecule has 0 unspecified atom stereocenters. The molecule has 0 heterocycles. The second-order valence-corrected chi connectivity index (χ2v) is 5.55. The summed E-state index contributed by atoms with van der Waals surface area (Å²) >= 11 is 0. The minimum atomic E-state index is -0.422. The molecule has 0 saturated heterocycles. The van der Waals surface area contributed by atoms with E-state index in [0.717, 1.165) is 5.56 Å². The first kappa shape index (κ1) is 16.6. The van der Waals surface area contributed by atoms with Crippen molar-refractivity contribution in [3.05, 3.63) is 35.6 Å². The number of hydrogen-bond donors (Lipinski definition) is 2. The zero-order chi connectivity index (χ0) is 15.2. The second-order valence-electron chi connectivity index (χ2n) is 5.55. The van der Waals surface area contributed by atoms with Crippen molar-refractivity contribution in [1.29, 1.82) is 0 Å². The first-order valence-electron chi connectivity index (χ1n) is 6.68. The molecular formula is C15H23FN2O2. The van der Waals surface area contributed by atoms with E-state index in [4.69, 9.17) is 0 Å². The molecule has 0 aliphatic rings. The van der Waals surface area contributed by atoms with Gasteiger partial charge in [0.05, 0.1) is 13.2 Å². The molecule has 0 saturated carbocycles. The molecule has 4 nitrogen and oxygen atoms in total. The molecule has 1 amide bonds. The molecule has 1 rings (SSSR count). The molecule has 1 aromatic carbocycles. The SMILES string of the molecule is CN(CC(=O)NCCc1ccc(F)cc1)C(C)(C)CO. The van der Waals surface area contributed by atoms with Gasteiger partial charge in [0.25, 0.3) is 0 Å². The Morgan fingerprint density at radius 1 is 1.35 bits per heavy atom. The Morgan fingerprint density at radius 3 is 2.50 bits per heavy atom. The third kappa shape index (κ3) is 5.27. The lowest BCUT2D eigenvalue weighted by molar-refractivity contribution is -0.123. The van der Waals surface area contributed by atoms with Gasteiger partial charge in [-0.15, -0.1) is 0 Å². The molecule has 0 aliphatic heterocycles. The minimum absolute atomic E-state index is 0.00758. The summed E-state index contributed by atoms with van der Waals surface area (Å²) in [6.07, 6.45) is 0.666. The molecular weight excluding hydrogens is 259 g/mol. The van der Waals surface area contributed by atoms with Crippen LogP contribution < -0.4 is 5.32 Å². The van der Waals surface area contributed by atoms with E-state index in [1.54, 1.807) is 24.1 Å². The number of carbonyl (C=O) groups is 1. The van der Waals surface area contributed by atoms with Crippen LogP contribution in [-0.2, 0) is 11.2 Å². The molecule has 0 bridgehead atoms. The van der Waals surface area contributed by atoms with E-state index in [0.29, 0.717) is 13.0 Å². The summed E-state index contributed by atoms with van der Waals surface area (Å²) in [5.41, 5.74) is 0.560. The average Bonchev–Trinajstić information content (AvgIpc) is 2.41. The van der Waals surface area contributed by atoms with E-state index >= 15 is 0 Å². The highest BCUT2D eigenvalue weighted by Crippen LogP contribution is 2.09. The molecule has 0 atom stereocenters. The highest BCUT2D eigenvalue weighted by Gasteiger charge is 2.23. The van der Waals surface area contributed by atoms with Gasteiger partial charge in [-0.2, -0.15) is 0 Å². The van der Waals surface area contributed by atoms with E-state index in [9.17, 15) is 14.3 Å². The van der Waals surface area contributed by atoms with Crippen molar-refractivity contribution >= 4 is 5.91 Å². The van der Waals surface area contributed by atoms with E-state index in [2.05, 4.69) is 5.32 Å². The largest absolute Gasteiger partial charge is 0.394 e. The Bertz CT molecular complexity index is 432. The number of aliphatic hydroxyl groups excluding tert-OH is 1. The maximum Gasteiger partial charge on any atom is 0.234 e. The molecule has 1 aromatic rings. The number of amides is 1. The van der Waals surface area contributed by atoms with Crippen molar-refractivity contribution in [2.45, 2.75) is 25.8 Å². The van der Waals surface area contributed by atoms with Gasteiger partial charge in [-0.25, -0.2) is 4.39 Å². The van der Waals surface area contributed by atoms with E-state index in [1.807, 2.05) is 13.8 Å². The first-order valence-corrected chi connectivity index (χ1v) is 6.68. The van der Waals surface area contributed by atoms with Gasteiger partial charge in [0, 0.05) is 12.1 Å². The number of hydrogen-bond acceptors (Lipinski definition) is 3. The Kier molecular flexibility index (Phi) is 6.10. The molecule has 0 aliphatic carbocycles. The fraction of sp³-hybridized carbons (Fsp3) is 0.533. The van der Waals surface area contributed by atoms with Crippen molar-refractivity contribution in [2.24, 2.45) is 0 Å². The lowest BCUT2D eigenvalue weighted by Crippen LogP contribution is -2.48. The number of nitrogens with zero attached hydrogens (tertiary/aromatic N) is 1. The molecule has 5 heteroatoms. The topological polar surface area (TPSA) is 52.6 Å². The predicted molar refractivity (Wildman–Crippen MR) is 76.9 cm³/mol. The monoisotopic (exact) mass is 282 g/mol. The quantitative estimate of drug-likeness (QED) is 0.790. The maximum absolute atomic E-state index is 12.7. The highest BCUT2D eigenvalue weighted by molar-refractivity contribution is 5.78. The Hall–Kier alpha value is -1.46. The minimum Gasteiger partial charge on any atom is -0.394 e. The Morgan fingerprint density at radius 2 is 1.95 bits per heavy atom. The van der Waals surface area contributed by atoms with Crippen LogP contribution in [0.2, 0.25) is 0 Å². The third-order valence-electron chi connectivity index (χ3n) is 3.45.